The molecule has 0 fully saturated rings. The molecule has 0 bridgehead atoms. The Bertz CT molecular complexity index is 1040. The van der Waals surface area contributed by atoms with Gasteiger partial charge in [0.15, 0.2) is 0 Å². The van der Waals surface area contributed by atoms with Crippen molar-refractivity contribution in [1.82, 2.24) is 10.3 Å². The average Bonchev–Trinajstić information content (AvgIpc) is 2.69. The molecule has 1 aromatic heterocycles. The maximum Gasteiger partial charge on any atom is 0.319 e. The van der Waals surface area contributed by atoms with Crippen molar-refractivity contribution < 1.29 is 13.2 Å². The summed E-state index contributed by atoms with van der Waals surface area (Å²) in [5.41, 5.74) is 1.81. The number of urea groups is 1. The summed E-state index contributed by atoms with van der Waals surface area (Å²) in [5, 5.41) is 5.41. The normalized spacial score (nSPS) is 10.9. The number of pyridine rings is 1. The molecule has 3 rings (SSSR count). The highest BCUT2D eigenvalue weighted by Gasteiger charge is 2.14. The first-order valence-corrected chi connectivity index (χ1v) is 10.5. The van der Waals surface area contributed by atoms with Crippen LogP contribution in [0.15, 0.2) is 82.4 Å². The molecule has 0 saturated heterocycles. The van der Waals surface area contributed by atoms with Gasteiger partial charge in [-0.1, -0.05) is 22.0 Å². The molecule has 0 aliphatic carbocycles. The van der Waals surface area contributed by atoms with Gasteiger partial charge in [-0.15, -0.1) is 0 Å². The van der Waals surface area contributed by atoms with Crippen LogP contribution in [0, 0.1) is 0 Å². The Labute approximate surface area is 171 Å². The second-order valence-electron chi connectivity index (χ2n) is 5.81. The average molecular weight is 461 g/mol. The highest BCUT2D eigenvalue weighted by Crippen LogP contribution is 2.20. The van der Waals surface area contributed by atoms with Gasteiger partial charge in [0, 0.05) is 34.8 Å². The van der Waals surface area contributed by atoms with Gasteiger partial charge in [-0.05, 0) is 60.2 Å². The Morgan fingerprint density at radius 2 is 1.64 bits per heavy atom. The molecule has 2 aromatic carbocycles. The van der Waals surface area contributed by atoms with Crippen LogP contribution in [0.2, 0.25) is 0 Å². The van der Waals surface area contributed by atoms with Crippen LogP contribution in [0.4, 0.5) is 16.2 Å². The lowest BCUT2D eigenvalue weighted by molar-refractivity contribution is 0.251. The number of halogens is 1. The minimum atomic E-state index is -3.68. The van der Waals surface area contributed by atoms with E-state index < -0.39 is 10.0 Å². The van der Waals surface area contributed by atoms with Gasteiger partial charge in [-0.3, -0.25) is 9.71 Å². The molecule has 144 valence electrons. The summed E-state index contributed by atoms with van der Waals surface area (Å²) < 4.78 is 28.1. The van der Waals surface area contributed by atoms with E-state index in [0.717, 1.165) is 10.0 Å². The fourth-order valence-corrected chi connectivity index (χ4v) is 3.63. The number of carbonyl (C=O) groups is 1. The highest BCUT2D eigenvalue weighted by atomic mass is 79.9. The molecule has 0 atom stereocenters. The van der Waals surface area contributed by atoms with Crippen molar-refractivity contribution in [1.29, 1.82) is 0 Å². The molecule has 0 saturated carbocycles. The van der Waals surface area contributed by atoms with Crippen LogP contribution >= 0.6 is 15.9 Å². The van der Waals surface area contributed by atoms with Crippen molar-refractivity contribution in [2.24, 2.45) is 0 Å². The van der Waals surface area contributed by atoms with Gasteiger partial charge in [0.2, 0.25) is 0 Å². The number of carbonyl (C=O) groups excluding carboxylic acids is 1. The maximum atomic E-state index is 12.4. The third-order valence-electron chi connectivity index (χ3n) is 3.69. The van der Waals surface area contributed by atoms with Crippen molar-refractivity contribution >= 4 is 43.4 Å². The summed E-state index contributed by atoms with van der Waals surface area (Å²) in [6, 6.07) is 16.0. The Kier molecular flexibility index (Phi) is 6.27. The minimum absolute atomic E-state index is 0.160. The van der Waals surface area contributed by atoms with Crippen LogP contribution in [0.3, 0.4) is 0 Å². The molecule has 1 heterocycles. The van der Waals surface area contributed by atoms with Gasteiger partial charge in [0.1, 0.15) is 0 Å². The van der Waals surface area contributed by atoms with Crippen molar-refractivity contribution in [2.75, 3.05) is 10.0 Å². The first kappa shape index (κ1) is 19.8. The molecule has 28 heavy (non-hydrogen) atoms. The Morgan fingerprint density at radius 3 is 2.29 bits per heavy atom. The predicted molar refractivity (Wildman–Crippen MR) is 111 cm³/mol. The van der Waals surface area contributed by atoms with Crippen LogP contribution in [0.25, 0.3) is 0 Å². The monoisotopic (exact) mass is 460 g/mol. The minimum Gasteiger partial charge on any atom is -0.334 e. The molecule has 0 aliphatic heterocycles. The zero-order valence-electron chi connectivity index (χ0n) is 14.6. The number of aromatic nitrogens is 1. The second-order valence-corrected chi connectivity index (χ2v) is 8.40. The topological polar surface area (TPSA) is 100 Å². The fraction of sp³-hybridized carbons (Fsp3) is 0.0526. The lowest BCUT2D eigenvalue weighted by Gasteiger charge is -2.10. The van der Waals surface area contributed by atoms with Gasteiger partial charge in [0.25, 0.3) is 10.0 Å². The molecule has 0 radical (unpaired) electrons. The van der Waals surface area contributed by atoms with E-state index in [0.29, 0.717) is 17.9 Å². The SMILES string of the molecule is O=C(NCc1cccnc1)Nc1ccc(NS(=O)(=O)c2ccc(Br)cc2)cc1. The van der Waals surface area contributed by atoms with E-state index in [9.17, 15) is 13.2 Å². The van der Waals surface area contributed by atoms with E-state index in [1.807, 2.05) is 6.07 Å². The quantitative estimate of drug-likeness (QED) is 0.517. The third-order valence-corrected chi connectivity index (χ3v) is 5.62. The maximum absolute atomic E-state index is 12.4. The number of anilines is 2. The Hall–Kier alpha value is -2.91. The molecule has 3 aromatic rings. The van der Waals surface area contributed by atoms with E-state index in [4.69, 9.17) is 0 Å². The molecule has 9 heteroatoms. The van der Waals surface area contributed by atoms with Crippen LogP contribution in [0.5, 0.6) is 0 Å². The number of amides is 2. The predicted octanol–water partition coefficient (Wildman–Crippen LogP) is 3.97. The molecule has 0 unspecified atom stereocenters. The zero-order valence-corrected chi connectivity index (χ0v) is 17.0. The summed E-state index contributed by atoms with van der Waals surface area (Å²) in [6.07, 6.45) is 3.34. The number of nitrogens with zero attached hydrogens (tertiary/aromatic N) is 1. The smallest absolute Gasteiger partial charge is 0.319 e. The first-order valence-electron chi connectivity index (χ1n) is 8.24. The van der Waals surface area contributed by atoms with E-state index in [1.165, 1.54) is 12.1 Å². The highest BCUT2D eigenvalue weighted by molar-refractivity contribution is 9.10. The summed E-state index contributed by atoms with van der Waals surface area (Å²) >= 11 is 3.27. The number of hydrogen-bond acceptors (Lipinski definition) is 4. The number of hydrogen-bond donors (Lipinski definition) is 3. The Balaban J connectivity index is 1.57. The van der Waals surface area contributed by atoms with Crippen molar-refractivity contribution in [3.8, 4) is 0 Å². The van der Waals surface area contributed by atoms with Gasteiger partial charge in [-0.25, -0.2) is 13.2 Å². The van der Waals surface area contributed by atoms with Crippen LogP contribution in [-0.2, 0) is 16.6 Å². The summed E-state index contributed by atoms with van der Waals surface area (Å²) in [7, 11) is -3.68. The van der Waals surface area contributed by atoms with Gasteiger partial charge in [0.05, 0.1) is 4.90 Å². The lowest BCUT2D eigenvalue weighted by Crippen LogP contribution is -2.28. The standard InChI is InChI=1S/C19H17BrN4O3S/c20-15-3-9-18(10-4-15)28(26,27)24-17-7-5-16(6-8-17)23-19(25)22-13-14-2-1-11-21-12-14/h1-12,24H,13H2,(H2,22,23,25). The summed E-state index contributed by atoms with van der Waals surface area (Å²) in [5.74, 6) is 0. The Morgan fingerprint density at radius 1 is 0.964 bits per heavy atom. The molecule has 7 nitrogen and oxygen atoms in total. The molecular weight excluding hydrogens is 444 g/mol. The molecule has 0 spiro atoms. The van der Waals surface area contributed by atoms with Crippen molar-refractivity contribution in [3.05, 3.63) is 83.1 Å². The largest absolute Gasteiger partial charge is 0.334 e. The van der Waals surface area contributed by atoms with E-state index >= 15 is 0 Å². The van der Waals surface area contributed by atoms with Crippen LogP contribution < -0.4 is 15.4 Å². The number of benzene rings is 2. The molecule has 2 amide bonds. The number of rotatable bonds is 6. The van der Waals surface area contributed by atoms with Gasteiger partial charge in [-0.2, -0.15) is 0 Å². The third kappa shape index (κ3) is 5.54. The van der Waals surface area contributed by atoms with Crippen molar-refractivity contribution in [2.45, 2.75) is 11.4 Å². The summed E-state index contributed by atoms with van der Waals surface area (Å²) in [6.45, 7) is 0.352. The van der Waals surface area contributed by atoms with Gasteiger partial charge >= 0.3 is 6.03 Å². The number of sulfonamides is 1. The molecule has 3 N–H and O–H groups in total. The van der Waals surface area contributed by atoms with Crippen molar-refractivity contribution in [3.63, 3.8) is 0 Å². The van der Waals surface area contributed by atoms with E-state index in [2.05, 4.69) is 36.3 Å². The summed E-state index contributed by atoms with van der Waals surface area (Å²) in [4.78, 5) is 16.1. The van der Waals surface area contributed by atoms with Gasteiger partial charge < -0.3 is 10.6 Å². The van der Waals surface area contributed by atoms with E-state index in [1.54, 1.807) is 54.9 Å². The van der Waals surface area contributed by atoms with E-state index in [-0.39, 0.29) is 10.9 Å². The first-order chi connectivity index (χ1) is 13.4. The van der Waals surface area contributed by atoms with Crippen LogP contribution in [-0.4, -0.2) is 19.4 Å². The molecule has 0 aliphatic rings. The lowest BCUT2D eigenvalue weighted by atomic mass is 10.3. The molecular formula is C19H17BrN4O3S. The number of nitrogens with one attached hydrogen (secondary N) is 3. The fourth-order valence-electron chi connectivity index (χ4n) is 2.31. The second kappa shape index (κ2) is 8.85. The zero-order chi connectivity index (χ0) is 20.0. The van der Waals surface area contributed by atoms with Crippen LogP contribution in [0.1, 0.15) is 5.56 Å².